The van der Waals surface area contributed by atoms with Gasteiger partial charge in [0.1, 0.15) is 6.54 Å². The van der Waals surface area contributed by atoms with E-state index in [1.165, 1.54) is 4.68 Å². The second kappa shape index (κ2) is 10.6. The minimum atomic E-state index is -4.27. The lowest BCUT2D eigenvalue weighted by Gasteiger charge is -2.09. The third-order valence-electron chi connectivity index (χ3n) is 5.09. The molecule has 0 unspecified atom stereocenters. The van der Waals surface area contributed by atoms with E-state index in [-0.39, 0.29) is 25.5 Å². The van der Waals surface area contributed by atoms with Gasteiger partial charge in [-0.1, -0.05) is 6.07 Å². The van der Waals surface area contributed by atoms with Crippen LogP contribution in [0, 0.1) is 0 Å². The molecule has 0 radical (unpaired) electrons. The molecule has 3 aromatic heterocycles. The zero-order valence-corrected chi connectivity index (χ0v) is 19.0. The van der Waals surface area contributed by atoms with Gasteiger partial charge in [0, 0.05) is 49.2 Å². The van der Waals surface area contributed by atoms with Crippen LogP contribution in [0.4, 0.5) is 18.9 Å². The number of hydrogen-bond acceptors (Lipinski definition) is 6. The highest BCUT2D eigenvalue weighted by Crippen LogP contribution is 2.20. The Morgan fingerprint density at radius 3 is 2.74 bits per heavy atom. The fraction of sp³-hybridized carbons (Fsp3) is 0.304. The average molecular weight is 487 g/mol. The second-order valence-corrected chi connectivity index (χ2v) is 8.01. The summed E-state index contributed by atoms with van der Waals surface area (Å²) in [4.78, 5) is 16.7. The smallest absolute Gasteiger partial charge is 0.379 e. The summed E-state index contributed by atoms with van der Waals surface area (Å²) in [6.07, 6.45) is 1.17. The standard InChI is InChI=1S/C23H25F3N8O/c1-33-12-17(10-30-33)20-4-2-3-19(31-20)11-29-18-5-6-21-16(9-18)13-34(32-21)14-22(35)28-8-7-27-15-23(24,25)26/h2-6,9-10,12-13,27,29H,7-8,11,14-15H2,1H3,(H,28,35). The van der Waals surface area contributed by atoms with E-state index in [0.717, 1.165) is 33.5 Å². The van der Waals surface area contributed by atoms with Crippen LogP contribution in [0.2, 0.25) is 0 Å². The molecule has 9 nitrogen and oxygen atoms in total. The highest BCUT2D eigenvalue weighted by Gasteiger charge is 2.25. The average Bonchev–Trinajstić information content (AvgIpc) is 3.42. The van der Waals surface area contributed by atoms with Gasteiger partial charge in [0.2, 0.25) is 5.91 Å². The summed E-state index contributed by atoms with van der Waals surface area (Å²) < 4.78 is 39.5. The van der Waals surface area contributed by atoms with E-state index in [0.29, 0.717) is 6.54 Å². The van der Waals surface area contributed by atoms with E-state index >= 15 is 0 Å². The summed E-state index contributed by atoms with van der Waals surface area (Å²) >= 11 is 0. The van der Waals surface area contributed by atoms with Crippen molar-refractivity contribution < 1.29 is 18.0 Å². The number of benzene rings is 1. The Bertz CT molecular complexity index is 1300. The van der Waals surface area contributed by atoms with Gasteiger partial charge in [-0.05, 0) is 30.3 Å². The predicted octanol–water partition coefficient (Wildman–Crippen LogP) is 2.71. The van der Waals surface area contributed by atoms with Crippen LogP contribution >= 0.6 is 0 Å². The van der Waals surface area contributed by atoms with E-state index in [2.05, 4.69) is 31.1 Å². The monoisotopic (exact) mass is 486 g/mol. The first-order valence-electron chi connectivity index (χ1n) is 11.0. The molecule has 0 atom stereocenters. The van der Waals surface area contributed by atoms with Crippen molar-refractivity contribution in [1.29, 1.82) is 0 Å². The number of rotatable bonds is 10. The summed E-state index contributed by atoms with van der Waals surface area (Å²) in [6.45, 7) is -0.461. The third-order valence-corrected chi connectivity index (χ3v) is 5.09. The molecule has 4 rings (SSSR count). The Hall–Kier alpha value is -3.93. The highest BCUT2D eigenvalue weighted by molar-refractivity contribution is 5.83. The highest BCUT2D eigenvalue weighted by atomic mass is 19.4. The molecule has 0 spiro atoms. The molecule has 0 fully saturated rings. The molecule has 184 valence electrons. The number of aryl methyl sites for hydroxylation is 1. The lowest BCUT2D eigenvalue weighted by atomic mass is 10.2. The predicted molar refractivity (Wildman–Crippen MR) is 125 cm³/mol. The first-order valence-corrected chi connectivity index (χ1v) is 11.0. The first-order chi connectivity index (χ1) is 16.7. The van der Waals surface area contributed by atoms with Crippen LogP contribution in [0.15, 0.2) is 55.0 Å². The molecular formula is C23H25F3N8O. The molecular weight excluding hydrogens is 461 g/mol. The Labute approximate surface area is 199 Å². The number of aromatic nitrogens is 5. The number of nitrogens with zero attached hydrogens (tertiary/aromatic N) is 5. The summed E-state index contributed by atoms with van der Waals surface area (Å²) in [5.74, 6) is -0.329. The fourth-order valence-electron chi connectivity index (χ4n) is 3.48. The van der Waals surface area contributed by atoms with Crippen LogP contribution in [-0.2, 0) is 24.9 Å². The summed E-state index contributed by atoms with van der Waals surface area (Å²) in [5, 5.41) is 17.6. The third kappa shape index (κ3) is 7.03. The Balaban J connectivity index is 1.30. The molecule has 0 saturated heterocycles. The van der Waals surface area contributed by atoms with Crippen molar-refractivity contribution in [2.24, 2.45) is 7.05 Å². The van der Waals surface area contributed by atoms with Gasteiger partial charge < -0.3 is 16.0 Å². The van der Waals surface area contributed by atoms with Crippen molar-refractivity contribution in [3.63, 3.8) is 0 Å². The fourth-order valence-corrected chi connectivity index (χ4v) is 3.48. The molecule has 1 aromatic carbocycles. The number of carbonyl (C=O) groups is 1. The zero-order chi connectivity index (χ0) is 24.8. The lowest BCUT2D eigenvalue weighted by molar-refractivity contribution is -0.124. The van der Waals surface area contributed by atoms with Crippen molar-refractivity contribution in [2.75, 3.05) is 25.0 Å². The Kier molecular flexibility index (Phi) is 7.30. The number of nitrogens with one attached hydrogen (secondary N) is 3. The second-order valence-electron chi connectivity index (χ2n) is 8.01. The number of amides is 1. The van der Waals surface area contributed by atoms with Gasteiger partial charge in [-0.25, -0.2) is 0 Å². The van der Waals surface area contributed by atoms with E-state index in [1.807, 2.05) is 49.6 Å². The maximum absolute atomic E-state index is 12.1. The zero-order valence-electron chi connectivity index (χ0n) is 19.0. The van der Waals surface area contributed by atoms with Gasteiger partial charge in [0.05, 0.1) is 36.2 Å². The van der Waals surface area contributed by atoms with Gasteiger partial charge in [-0.3, -0.25) is 19.1 Å². The number of anilines is 1. The first kappa shape index (κ1) is 24.2. The lowest BCUT2D eigenvalue weighted by Crippen LogP contribution is -2.37. The van der Waals surface area contributed by atoms with Gasteiger partial charge in [0.25, 0.3) is 0 Å². The molecule has 12 heteroatoms. The van der Waals surface area contributed by atoms with Crippen LogP contribution in [0.1, 0.15) is 5.69 Å². The van der Waals surface area contributed by atoms with Gasteiger partial charge >= 0.3 is 6.18 Å². The van der Waals surface area contributed by atoms with Crippen molar-refractivity contribution >= 4 is 22.5 Å². The maximum Gasteiger partial charge on any atom is 0.401 e. The summed E-state index contributed by atoms with van der Waals surface area (Å²) in [5.41, 5.74) is 4.29. The van der Waals surface area contributed by atoms with Crippen LogP contribution in [0.5, 0.6) is 0 Å². The van der Waals surface area contributed by atoms with Crippen LogP contribution in [0.25, 0.3) is 22.2 Å². The topological polar surface area (TPSA) is 102 Å². The van der Waals surface area contributed by atoms with E-state index in [4.69, 9.17) is 0 Å². The Morgan fingerprint density at radius 2 is 1.97 bits per heavy atom. The number of fused-ring (bicyclic) bond motifs is 1. The molecule has 4 aromatic rings. The van der Waals surface area contributed by atoms with Crippen molar-refractivity contribution in [3.8, 4) is 11.3 Å². The number of hydrogen-bond donors (Lipinski definition) is 3. The molecule has 3 N–H and O–H groups in total. The molecule has 1 amide bonds. The summed E-state index contributed by atoms with van der Waals surface area (Å²) in [7, 11) is 1.86. The molecule has 0 saturated carbocycles. The molecule has 3 heterocycles. The molecule has 35 heavy (non-hydrogen) atoms. The minimum Gasteiger partial charge on any atom is -0.379 e. The van der Waals surface area contributed by atoms with Gasteiger partial charge in [-0.2, -0.15) is 23.4 Å². The molecule has 0 bridgehead atoms. The molecule has 0 aliphatic carbocycles. The van der Waals surface area contributed by atoms with E-state index in [9.17, 15) is 18.0 Å². The van der Waals surface area contributed by atoms with Gasteiger partial charge in [0.15, 0.2) is 0 Å². The van der Waals surface area contributed by atoms with E-state index in [1.54, 1.807) is 17.1 Å². The van der Waals surface area contributed by atoms with Crippen molar-refractivity contribution in [1.82, 2.24) is 35.2 Å². The van der Waals surface area contributed by atoms with Crippen LogP contribution < -0.4 is 16.0 Å². The van der Waals surface area contributed by atoms with Crippen LogP contribution in [-0.4, -0.2) is 56.3 Å². The maximum atomic E-state index is 12.1. The van der Waals surface area contributed by atoms with Crippen LogP contribution in [0.3, 0.4) is 0 Å². The van der Waals surface area contributed by atoms with E-state index < -0.39 is 12.7 Å². The quantitative estimate of drug-likeness (QED) is 0.298. The van der Waals surface area contributed by atoms with Crippen molar-refractivity contribution in [2.45, 2.75) is 19.3 Å². The molecule has 0 aliphatic rings. The van der Waals surface area contributed by atoms with Gasteiger partial charge in [-0.15, -0.1) is 0 Å². The number of carbonyl (C=O) groups excluding carboxylic acids is 1. The Morgan fingerprint density at radius 1 is 1.11 bits per heavy atom. The normalized spacial score (nSPS) is 11.7. The SMILES string of the molecule is Cn1cc(-c2cccc(CNc3ccc4nn(CC(=O)NCCNCC(F)(F)F)cc4c3)n2)cn1. The van der Waals surface area contributed by atoms with Crippen molar-refractivity contribution in [3.05, 3.63) is 60.7 Å². The molecule has 0 aliphatic heterocycles. The minimum absolute atomic E-state index is 0.0260. The number of pyridine rings is 1. The largest absolute Gasteiger partial charge is 0.401 e. The summed E-state index contributed by atoms with van der Waals surface area (Å²) in [6, 6.07) is 11.5. The number of alkyl halides is 3. The number of halogens is 3.